The van der Waals surface area contributed by atoms with Gasteiger partial charge in [-0.3, -0.25) is 10.4 Å². The van der Waals surface area contributed by atoms with Gasteiger partial charge in [0.15, 0.2) is 0 Å². The number of rotatable bonds is 0. The van der Waals surface area contributed by atoms with Gasteiger partial charge in [0, 0.05) is 18.3 Å². The highest BCUT2D eigenvalue weighted by molar-refractivity contribution is 5.81. The van der Waals surface area contributed by atoms with E-state index >= 15 is 0 Å². The van der Waals surface area contributed by atoms with Gasteiger partial charge in [0.2, 0.25) is 5.88 Å². The Hall–Kier alpha value is -1.29. The molecule has 0 aromatic heterocycles. The van der Waals surface area contributed by atoms with Crippen molar-refractivity contribution in [1.82, 2.24) is 10.9 Å². The summed E-state index contributed by atoms with van der Waals surface area (Å²) in [5.41, 5.74) is 6.83. The molecule has 0 aliphatic carbocycles. The van der Waals surface area contributed by atoms with E-state index in [1.54, 1.807) is 18.7 Å². The van der Waals surface area contributed by atoms with Gasteiger partial charge in [-0.25, -0.2) is 5.43 Å². The zero-order valence-electron chi connectivity index (χ0n) is 5.29. The Morgan fingerprint density at radius 2 is 2.60 bits per heavy atom. The molecule has 0 unspecified atom stereocenters. The number of hydrazine groups is 1. The van der Waals surface area contributed by atoms with E-state index in [0.717, 1.165) is 18.0 Å². The van der Waals surface area contributed by atoms with Crippen LogP contribution in [0.2, 0.25) is 0 Å². The Morgan fingerprint density at radius 1 is 1.60 bits per heavy atom. The smallest absolute Gasteiger partial charge is 0.212 e. The van der Waals surface area contributed by atoms with Crippen molar-refractivity contribution >= 4 is 6.21 Å². The Bertz CT molecular complexity index is 229. The Morgan fingerprint density at radius 3 is 3.60 bits per heavy atom. The zero-order valence-corrected chi connectivity index (χ0v) is 5.29. The van der Waals surface area contributed by atoms with E-state index in [9.17, 15) is 0 Å². The molecule has 0 saturated carbocycles. The second-order valence-corrected chi connectivity index (χ2v) is 2.01. The fourth-order valence-corrected chi connectivity index (χ4v) is 0.856. The average molecular weight is 137 g/mol. The molecule has 0 spiro atoms. The first-order valence-corrected chi connectivity index (χ1v) is 3.04. The molecule has 0 radical (unpaired) electrons. The standard InChI is InChI=1S/C6H7N3O/c1-2-10-6-5(3-7-1)4-8-9-6/h1-3,8-9H,4H2. The van der Waals surface area contributed by atoms with Crippen LogP contribution in [0.5, 0.6) is 0 Å². The lowest BCUT2D eigenvalue weighted by atomic mass is 10.3. The van der Waals surface area contributed by atoms with Crippen LogP contribution in [0, 0.1) is 0 Å². The van der Waals surface area contributed by atoms with Crippen LogP contribution < -0.4 is 10.9 Å². The predicted octanol–water partition coefficient (Wildman–Crippen LogP) is -0.122. The van der Waals surface area contributed by atoms with Crippen molar-refractivity contribution in [2.45, 2.75) is 0 Å². The molecule has 2 rings (SSSR count). The van der Waals surface area contributed by atoms with Crippen LogP contribution in [0.3, 0.4) is 0 Å². The zero-order chi connectivity index (χ0) is 6.81. The summed E-state index contributed by atoms with van der Waals surface area (Å²) in [4.78, 5) is 3.95. The second-order valence-electron chi connectivity index (χ2n) is 2.01. The van der Waals surface area contributed by atoms with Gasteiger partial charge in [-0.15, -0.1) is 0 Å². The molecule has 2 N–H and O–H groups in total. The molecule has 2 aliphatic rings. The molecule has 0 bridgehead atoms. The fraction of sp³-hybridized carbons (Fsp3) is 0.167. The number of hydrogen-bond acceptors (Lipinski definition) is 4. The van der Waals surface area contributed by atoms with E-state index < -0.39 is 0 Å². The number of hydrogen-bond donors (Lipinski definition) is 2. The molecule has 0 atom stereocenters. The summed E-state index contributed by atoms with van der Waals surface area (Å²) in [5, 5.41) is 0. The third-order valence-corrected chi connectivity index (χ3v) is 1.34. The van der Waals surface area contributed by atoms with Crippen molar-refractivity contribution in [3.8, 4) is 0 Å². The highest BCUT2D eigenvalue weighted by atomic mass is 16.5. The largest absolute Gasteiger partial charge is 0.446 e. The Kier molecular flexibility index (Phi) is 1.18. The van der Waals surface area contributed by atoms with Gasteiger partial charge in [-0.1, -0.05) is 0 Å². The maximum absolute atomic E-state index is 5.13. The second kappa shape index (κ2) is 2.15. The van der Waals surface area contributed by atoms with Gasteiger partial charge >= 0.3 is 0 Å². The van der Waals surface area contributed by atoms with Crippen molar-refractivity contribution in [2.24, 2.45) is 4.99 Å². The highest BCUT2D eigenvalue weighted by Crippen LogP contribution is 2.07. The summed E-state index contributed by atoms with van der Waals surface area (Å²) < 4.78 is 5.13. The van der Waals surface area contributed by atoms with Gasteiger partial charge in [-0.05, 0) is 0 Å². The summed E-state index contributed by atoms with van der Waals surface area (Å²) >= 11 is 0. The maximum atomic E-state index is 5.13. The van der Waals surface area contributed by atoms with Crippen LogP contribution in [-0.2, 0) is 4.74 Å². The van der Waals surface area contributed by atoms with Gasteiger partial charge in [0.05, 0.1) is 6.20 Å². The summed E-state index contributed by atoms with van der Waals surface area (Å²) in [6.07, 6.45) is 4.92. The van der Waals surface area contributed by atoms with E-state index in [-0.39, 0.29) is 0 Å². The lowest BCUT2D eigenvalue weighted by Gasteiger charge is -1.99. The number of nitrogens with one attached hydrogen (secondary N) is 2. The molecule has 0 aromatic rings. The SMILES string of the molecule is C1=COC2=C(C=N1)CNN2. The van der Waals surface area contributed by atoms with Crippen LogP contribution in [0.25, 0.3) is 0 Å². The first-order valence-electron chi connectivity index (χ1n) is 3.04. The molecule has 10 heavy (non-hydrogen) atoms. The first-order chi connectivity index (χ1) is 4.97. The average Bonchev–Trinajstić information content (AvgIpc) is 2.28. The van der Waals surface area contributed by atoms with Crippen LogP contribution in [0.1, 0.15) is 0 Å². The number of nitrogens with zero attached hydrogens (tertiary/aromatic N) is 1. The molecule has 2 heterocycles. The third kappa shape index (κ3) is 0.784. The molecule has 0 aromatic carbocycles. The Labute approximate surface area is 58.3 Å². The lowest BCUT2D eigenvalue weighted by molar-refractivity contribution is 0.312. The highest BCUT2D eigenvalue weighted by Gasteiger charge is 2.12. The summed E-state index contributed by atoms with van der Waals surface area (Å²) in [5.74, 6) is 0.748. The van der Waals surface area contributed by atoms with Crippen LogP contribution >= 0.6 is 0 Å². The minimum atomic E-state index is 0.748. The lowest BCUT2D eigenvalue weighted by Crippen LogP contribution is -2.24. The maximum Gasteiger partial charge on any atom is 0.212 e. The van der Waals surface area contributed by atoms with E-state index in [1.807, 2.05) is 0 Å². The van der Waals surface area contributed by atoms with E-state index in [0.29, 0.717) is 0 Å². The van der Waals surface area contributed by atoms with Crippen molar-refractivity contribution < 1.29 is 4.74 Å². The quantitative estimate of drug-likeness (QED) is 0.489. The first kappa shape index (κ1) is 5.49. The molecule has 2 aliphatic heterocycles. The minimum absolute atomic E-state index is 0.748. The molecule has 52 valence electrons. The molecule has 0 amide bonds. The van der Waals surface area contributed by atoms with Gasteiger partial charge in [-0.2, -0.15) is 0 Å². The monoisotopic (exact) mass is 137 g/mol. The molecular weight excluding hydrogens is 130 g/mol. The van der Waals surface area contributed by atoms with Crippen molar-refractivity contribution in [3.63, 3.8) is 0 Å². The molecule has 0 fully saturated rings. The number of aliphatic imine (C=N–C) groups is 1. The normalized spacial score (nSPS) is 21.6. The summed E-state index contributed by atoms with van der Waals surface area (Å²) in [6.45, 7) is 0.764. The molecular formula is C6H7N3O. The third-order valence-electron chi connectivity index (χ3n) is 1.34. The van der Waals surface area contributed by atoms with Crippen LogP contribution in [-0.4, -0.2) is 12.8 Å². The minimum Gasteiger partial charge on any atom is -0.446 e. The molecule has 4 heteroatoms. The molecule has 4 nitrogen and oxygen atoms in total. The topological polar surface area (TPSA) is 45.6 Å². The Balaban J connectivity index is 2.30. The van der Waals surface area contributed by atoms with E-state index in [4.69, 9.17) is 4.74 Å². The summed E-state index contributed by atoms with van der Waals surface area (Å²) in [7, 11) is 0. The van der Waals surface area contributed by atoms with Crippen molar-refractivity contribution in [2.75, 3.05) is 6.54 Å². The predicted molar refractivity (Wildman–Crippen MR) is 36.9 cm³/mol. The van der Waals surface area contributed by atoms with E-state index in [1.165, 1.54) is 0 Å². The van der Waals surface area contributed by atoms with Crippen molar-refractivity contribution in [3.05, 3.63) is 23.9 Å². The fourth-order valence-electron chi connectivity index (χ4n) is 0.856. The van der Waals surface area contributed by atoms with Crippen molar-refractivity contribution in [1.29, 1.82) is 0 Å². The molecule has 0 saturated heterocycles. The van der Waals surface area contributed by atoms with Gasteiger partial charge < -0.3 is 4.74 Å². The van der Waals surface area contributed by atoms with E-state index in [2.05, 4.69) is 15.8 Å². The van der Waals surface area contributed by atoms with Crippen LogP contribution in [0.15, 0.2) is 28.9 Å². The number of ether oxygens (including phenoxy) is 1. The van der Waals surface area contributed by atoms with Gasteiger partial charge in [0.25, 0.3) is 0 Å². The summed E-state index contributed by atoms with van der Waals surface area (Å²) in [6, 6.07) is 0. The van der Waals surface area contributed by atoms with Crippen LogP contribution in [0.4, 0.5) is 0 Å². The van der Waals surface area contributed by atoms with Gasteiger partial charge in [0.1, 0.15) is 6.26 Å².